The van der Waals surface area contributed by atoms with Crippen LogP contribution in [0.1, 0.15) is 16.0 Å². The van der Waals surface area contributed by atoms with Gasteiger partial charge in [0, 0.05) is 37.1 Å². The number of sulfonamides is 1. The van der Waals surface area contributed by atoms with Crippen molar-refractivity contribution in [1.29, 1.82) is 0 Å². The molecule has 0 spiro atoms. The van der Waals surface area contributed by atoms with Gasteiger partial charge in [0.15, 0.2) is 0 Å². The lowest BCUT2D eigenvalue weighted by Gasteiger charge is -2.33. The van der Waals surface area contributed by atoms with Gasteiger partial charge in [-0.25, -0.2) is 8.42 Å². The highest BCUT2D eigenvalue weighted by atomic mass is 32.2. The monoisotopic (exact) mass is 390 g/mol. The van der Waals surface area contributed by atoms with Crippen LogP contribution in [0.4, 0.5) is 0 Å². The highest BCUT2D eigenvalue weighted by Crippen LogP contribution is 2.18. The van der Waals surface area contributed by atoms with E-state index in [2.05, 4.69) is 0 Å². The Hall–Kier alpha value is -1.96. The van der Waals surface area contributed by atoms with Gasteiger partial charge in [-0.05, 0) is 35.6 Å². The molecule has 1 aromatic carbocycles. The fraction of sp³-hybridized carbons (Fsp3) is 0.316. The Bertz CT molecular complexity index is 881. The number of amides is 1. The Labute approximate surface area is 158 Å². The number of thiophene rings is 1. The van der Waals surface area contributed by atoms with Crippen molar-refractivity contribution in [2.75, 3.05) is 26.2 Å². The minimum Gasteiger partial charge on any atom is -0.337 e. The van der Waals surface area contributed by atoms with Crippen molar-refractivity contribution < 1.29 is 13.2 Å². The van der Waals surface area contributed by atoms with Crippen LogP contribution in [0.15, 0.2) is 47.9 Å². The third-order valence-corrected chi connectivity index (χ3v) is 7.25. The molecule has 26 heavy (non-hydrogen) atoms. The van der Waals surface area contributed by atoms with Crippen LogP contribution in [0, 0.1) is 6.92 Å². The van der Waals surface area contributed by atoms with Crippen molar-refractivity contribution in [3.63, 3.8) is 0 Å². The average molecular weight is 391 g/mol. The Morgan fingerprint density at radius 2 is 1.81 bits per heavy atom. The number of carbonyl (C=O) groups excluding carboxylic acids is 1. The first-order valence-corrected chi connectivity index (χ1v) is 11.0. The van der Waals surface area contributed by atoms with Gasteiger partial charge in [0.25, 0.3) is 0 Å². The van der Waals surface area contributed by atoms with Gasteiger partial charge in [-0.15, -0.1) is 11.3 Å². The van der Waals surface area contributed by atoms with E-state index in [0.29, 0.717) is 26.2 Å². The molecule has 138 valence electrons. The molecule has 0 radical (unpaired) electrons. The minimum atomic E-state index is -3.36. The Morgan fingerprint density at radius 1 is 1.12 bits per heavy atom. The molecule has 3 rings (SSSR count). The second-order valence-electron chi connectivity index (χ2n) is 6.27. The van der Waals surface area contributed by atoms with E-state index in [-0.39, 0.29) is 11.7 Å². The van der Waals surface area contributed by atoms with E-state index in [9.17, 15) is 13.2 Å². The number of rotatable bonds is 5. The molecule has 1 amide bonds. The summed E-state index contributed by atoms with van der Waals surface area (Å²) in [6, 6.07) is 11.2. The molecule has 0 saturated carbocycles. The lowest BCUT2D eigenvalue weighted by atomic mass is 10.2. The summed E-state index contributed by atoms with van der Waals surface area (Å²) in [5.41, 5.74) is 1.93. The van der Waals surface area contributed by atoms with Gasteiger partial charge in [0.05, 0.1) is 5.75 Å². The number of benzene rings is 1. The van der Waals surface area contributed by atoms with Gasteiger partial charge >= 0.3 is 0 Å². The molecule has 2 aromatic rings. The van der Waals surface area contributed by atoms with Crippen molar-refractivity contribution in [1.82, 2.24) is 9.21 Å². The third-order valence-electron chi connectivity index (χ3n) is 4.41. The zero-order valence-electron chi connectivity index (χ0n) is 14.7. The van der Waals surface area contributed by atoms with Crippen LogP contribution in [0.2, 0.25) is 0 Å². The molecular formula is C19H22N2O3S2. The van der Waals surface area contributed by atoms with E-state index in [4.69, 9.17) is 0 Å². The van der Waals surface area contributed by atoms with E-state index < -0.39 is 10.0 Å². The molecule has 0 bridgehead atoms. The summed E-state index contributed by atoms with van der Waals surface area (Å²) in [5.74, 6) is -0.0720. The normalized spacial score (nSPS) is 16.3. The zero-order chi connectivity index (χ0) is 18.6. The van der Waals surface area contributed by atoms with E-state index in [1.54, 1.807) is 22.3 Å². The maximum Gasteiger partial charge on any atom is 0.246 e. The summed E-state index contributed by atoms with van der Waals surface area (Å²) in [6.45, 7) is 3.53. The summed E-state index contributed by atoms with van der Waals surface area (Å²) in [6.07, 6.45) is 3.41. The van der Waals surface area contributed by atoms with Crippen molar-refractivity contribution in [2.24, 2.45) is 0 Å². The van der Waals surface area contributed by atoms with Gasteiger partial charge in [-0.3, -0.25) is 4.79 Å². The summed E-state index contributed by atoms with van der Waals surface area (Å²) in [5, 5.41) is 2.00. The highest BCUT2D eigenvalue weighted by Gasteiger charge is 2.28. The lowest BCUT2D eigenvalue weighted by molar-refractivity contribution is -0.127. The molecule has 5 nitrogen and oxygen atoms in total. The number of hydrogen-bond acceptors (Lipinski definition) is 4. The van der Waals surface area contributed by atoms with Crippen molar-refractivity contribution in [3.05, 3.63) is 63.9 Å². The molecule has 1 aliphatic rings. The molecule has 0 aliphatic carbocycles. The molecule has 0 N–H and O–H groups in total. The third kappa shape index (κ3) is 4.60. The van der Waals surface area contributed by atoms with Crippen LogP contribution in [0.5, 0.6) is 0 Å². The number of carbonyl (C=O) groups is 1. The molecule has 0 unspecified atom stereocenters. The van der Waals surface area contributed by atoms with E-state index in [1.807, 2.05) is 54.8 Å². The average Bonchev–Trinajstić information content (AvgIpc) is 3.05. The summed E-state index contributed by atoms with van der Waals surface area (Å²) < 4.78 is 26.6. The molecule has 2 heterocycles. The standard InChI is InChI=1S/C19H22N2O3S2/c1-16-9-14-25-18(16)7-8-19(22)20-10-12-21(13-11-20)26(23,24)15-17-5-3-2-4-6-17/h2-9,14H,10-13,15H2,1H3/b8-7+. The predicted octanol–water partition coefficient (Wildman–Crippen LogP) is 2.74. The summed E-state index contributed by atoms with van der Waals surface area (Å²) in [7, 11) is -3.36. The van der Waals surface area contributed by atoms with Gasteiger partial charge < -0.3 is 4.90 Å². The first kappa shape index (κ1) is 18.8. The van der Waals surface area contributed by atoms with Crippen LogP contribution < -0.4 is 0 Å². The largest absolute Gasteiger partial charge is 0.337 e. The molecule has 1 aromatic heterocycles. The SMILES string of the molecule is Cc1ccsc1/C=C/C(=O)N1CCN(S(=O)(=O)Cc2ccccc2)CC1. The minimum absolute atomic E-state index is 0.000651. The molecule has 1 saturated heterocycles. The van der Waals surface area contributed by atoms with Crippen LogP contribution in [-0.4, -0.2) is 49.7 Å². The lowest BCUT2D eigenvalue weighted by Crippen LogP contribution is -2.50. The van der Waals surface area contributed by atoms with Gasteiger partial charge in [-0.2, -0.15) is 4.31 Å². The Morgan fingerprint density at radius 3 is 2.42 bits per heavy atom. The number of hydrogen-bond donors (Lipinski definition) is 0. The van der Waals surface area contributed by atoms with Gasteiger partial charge in [0.2, 0.25) is 15.9 Å². The molecular weight excluding hydrogens is 368 g/mol. The van der Waals surface area contributed by atoms with Crippen molar-refractivity contribution in [2.45, 2.75) is 12.7 Å². The van der Waals surface area contributed by atoms with E-state index in [0.717, 1.165) is 16.0 Å². The second-order valence-corrected chi connectivity index (χ2v) is 9.18. The van der Waals surface area contributed by atoms with Crippen LogP contribution in [-0.2, 0) is 20.6 Å². The van der Waals surface area contributed by atoms with Gasteiger partial charge in [-0.1, -0.05) is 30.3 Å². The smallest absolute Gasteiger partial charge is 0.246 e. The van der Waals surface area contributed by atoms with Gasteiger partial charge in [0.1, 0.15) is 0 Å². The number of aryl methyl sites for hydroxylation is 1. The number of piperazine rings is 1. The first-order chi connectivity index (χ1) is 12.5. The maximum absolute atomic E-state index is 12.6. The second kappa shape index (κ2) is 8.16. The zero-order valence-corrected chi connectivity index (χ0v) is 16.3. The quantitative estimate of drug-likeness (QED) is 0.738. The predicted molar refractivity (Wildman–Crippen MR) is 105 cm³/mol. The Balaban J connectivity index is 1.56. The van der Waals surface area contributed by atoms with E-state index in [1.165, 1.54) is 4.31 Å². The fourth-order valence-electron chi connectivity index (χ4n) is 2.87. The molecule has 1 aliphatic heterocycles. The molecule has 7 heteroatoms. The first-order valence-electron chi connectivity index (χ1n) is 8.48. The highest BCUT2D eigenvalue weighted by molar-refractivity contribution is 7.88. The molecule has 1 fully saturated rings. The number of nitrogens with zero attached hydrogens (tertiary/aromatic N) is 2. The molecule has 0 atom stereocenters. The van der Waals surface area contributed by atoms with Crippen LogP contribution in [0.25, 0.3) is 6.08 Å². The Kier molecular flexibility index (Phi) is 5.90. The van der Waals surface area contributed by atoms with Crippen LogP contribution in [0.3, 0.4) is 0 Å². The van der Waals surface area contributed by atoms with E-state index >= 15 is 0 Å². The van der Waals surface area contributed by atoms with Crippen LogP contribution >= 0.6 is 11.3 Å². The summed E-state index contributed by atoms with van der Waals surface area (Å²) >= 11 is 1.60. The summed E-state index contributed by atoms with van der Waals surface area (Å²) in [4.78, 5) is 15.1. The van der Waals surface area contributed by atoms with Crippen molar-refractivity contribution in [3.8, 4) is 0 Å². The fourth-order valence-corrected chi connectivity index (χ4v) is 5.21. The topological polar surface area (TPSA) is 57.7 Å². The van der Waals surface area contributed by atoms with Crippen molar-refractivity contribution >= 4 is 33.3 Å². The maximum atomic E-state index is 12.6.